The average molecular weight is 499 g/mol. The Morgan fingerprint density at radius 3 is 0.941 bits per heavy atom. The van der Waals surface area contributed by atoms with E-state index in [1.165, 1.54) is 0 Å². The van der Waals surface area contributed by atoms with E-state index in [9.17, 15) is 0 Å². The molecule has 0 aliphatic rings. The Labute approximate surface area is 148 Å². The second-order valence-electron chi connectivity index (χ2n) is 2.91. The monoisotopic (exact) mass is 500 g/mol. The van der Waals surface area contributed by atoms with Gasteiger partial charge in [0.1, 0.15) is 33.1 Å². The predicted molar refractivity (Wildman–Crippen MR) is 88.1 cm³/mol. The second kappa shape index (κ2) is 15.8. The van der Waals surface area contributed by atoms with Gasteiger partial charge in [-0.15, -0.1) is 0 Å². The van der Waals surface area contributed by atoms with Crippen LogP contribution < -0.4 is 0 Å². The van der Waals surface area contributed by atoms with Crippen LogP contribution in [0.2, 0.25) is 0 Å². The van der Waals surface area contributed by atoms with Crippen molar-refractivity contribution in [3.63, 3.8) is 0 Å². The van der Waals surface area contributed by atoms with Crippen LogP contribution >= 0.6 is 0 Å². The molecular weight excluding hydrogens is 477 g/mol. The molecule has 0 radical (unpaired) electrons. The molecule has 0 aromatic heterocycles. The minimum atomic E-state index is 0. The van der Waals surface area contributed by atoms with Gasteiger partial charge >= 0.3 is 27.7 Å². The summed E-state index contributed by atoms with van der Waals surface area (Å²) in [5, 5.41) is 0. The van der Waals surface area contributed by atoms with Gasteiger partial charge in [-0.1, -0.05) is 27.7 Å². The van der Waals surface area contributed by atoms with Crippen LogP contribution in [-0.4, -0.2) is 44.6 Å². The first-order chi connectivity index (χ1) is 7.44. The van der Waals surface area contributed by atoms with Crippen molar-refractivity contribution in [2.45, 2.75) is 27.7 Å². The van der Waals surface area contributed by atoms with E-state index in [4.69, 9.17) is 25.3 Å². The summed E-state index contributed by atoms with van der Waals surface area (Å²) in [6.07, 6.45) is 0. The average Bonchev–Trinajstić information content (AvgIpc) is 2.21. The molecule has 0 fully saturated rings. The quantitative estimate of drug-likeness (QED) is 0.183. The zero-order chi connectivity index (χ0) is 13.1. The van der Waals surface area contributed by atoms with Crippen LogP contribution in [0.3, 0.4) is 0 Å². The van der Waals surface area contributed by atoms with Crippen LogP contribution in [0.1, 0.15) is 27.7 Å². The molecule has 0 heterocycles. The molecule has 0 bridgehead atoms. The fraction of sp³-hybridized carbons (Fsp3) is 0.800. The smallest absolute Gasteiger partial charge is 0.680 e. The number of hydrogen-bond acceptors (Lipinski definition) is 2. The minimum absolute atomic E-state index is 0. The van der Waals surface area contributed by atoms with Crippen LogP contribution in [0.25, 0.3) is 0 Å². The van der Waals surface area contributed by atoms with E-state index in [1.54, 1.807) is 0 Å². The zero-order valence-electron chi connectivity index (χ0n) is 11.1. The molecule has 0 aliphatic heterocycles. The van der Waals surface area contributed by atoms with Crippen LogP contribution in [0, 0.1) is 0 Å². The van der Waals surface area contributed by atoms with E-state index in [1.807, 2.05) is 9.80 Å². The van der Waals surface area contributed by atoms with Crippen molar-refractivity contribution in [1.29, 1.82) is 0 Å². The maximum atomic E-state index is 4.81. The van der Waals surface area contributed by atoms with E-state index < -0.39 is 0 Å². The molecule has 0 aromatic carbocycles. The van der Waals surface area contributed by atoms with Crippen molar-refractivity contribution in [2.75, 3.05) is 26.2 Å². The molecule has 2 nitrogen and oxygen atoms in total. The normalized spacial score (nSPS) is 9.41. The third-order valence-corrected chi connectivity index (χ3v) is 3.15. The Balaban J connectivity index is -0.000000218. The molecular formula is C10H22HgN2S4+2. The summed E-state index contributed by atoms with van der Waals surface area (Å²) in [6, 6.07) is 0. The maximum absolute atomic E-state index is 4.81. The molecule has 0 unspecified atom stereocenters. The first-order valence-corrected chi connectivity index (χ1v) is 7.11. The van der Waals surface area contributed by atoms with Crippen molar-refractivity contribution in [3.05, 3.63) is 0 Å². The Kier molecular flexibility index (Phi) is 22.1. The standard InChI is InChI=1S/2C5H11NS2.Hg/c2*1-3-6(4-2)5(7)8;/h2*3-4H2,1-2H3,(H,7,8);/q;;+2. The first kappa shape index (κ1) is 23.8. The zero-order valence-corrected chi connectivity index (χ0v) is 20.1. The van der Waals surface area contributed by atoms with Gasteiger partial charge in [-0.2, -0.15) is 0 Å². The molecule has 0 aromatic rings. The summed E-state index contributed by atoms with van der Waals surface area (Å²) in [4.78, 5) is 4.02. The van der Waals surface area contributed by atoms with Gasteiger partial charge in [0.2, 0.25) is 0 Å². The van der Waals surface area contributed by atoms with E-state index >= 15 is 0 Å². The number of nitrogens with zero attached hydrogens (tertiary/aromatic N) is 2. The van der Waals surface area contributed by atoms with Gasteiger partial charge in [0.25, 0.3) is 0 Å². The summed E-state index contributed by atoms with van der Waals surface area (Å²) >= 11 is 17.6. The number of rotatable bonds is 4. The molecule has 0 rings (SSSR count). The van der Waals surface area contributed by atoms with Crippen LogP contribution in [0.5, 0.6) is 0 Å². The second-order valence-corrected chi connectivity index (χ2v) is 5.14. The van der Waals surface area contributed by atoms with Gasteiger partial charge in [0, 0.05) is 26.2 Å². The maximum Gasteiger partial charge on any atom is 2.00 e. The topological polar surface area (TPSA) is 6.48 Å². The fourth-order valence-electron chi connectivity index (χ4n) is 0.988. The summed E-state index contributed by atoms with van der Waals surface area (Å²) in [5.74, 6) is 0. The molecule has 96 valence electrons. The molecule has 7 heteroatoms. The summed E-state index contributed by atoms with van der Waals surface area (Å²) in [5.41, 5.74) is 0. The van der Waals surface area contributed by atoms with E-state index in [0.717, 1.165) is 26.2 Å². The molecule has 0 spiro atoms. The van der Waals surface area contributed by atoms with Crippen LogP contribution in [-0.2, 0) is 77.4 Å². The van der Waals surface area contributed by atoms with E-state index in [0.29, 0.717) is 8.64 Å². The van der Waals surface area contributed by atoms with Gasteiger partial charge in [0.15, 0.2) is 0 Å². The SMILES string of the molecule is CCN(CC)C([S-])=[SH+].CCN(CC)C([S-])=[SH+].[Hg+2]. The van der Waals surface area contributed by atoms with Gasteiger partial charge in [-0.25, -0.2) is 0 Å². The Hall–Kier alpha value is 1.74. The van der Waals surface area contributed by atoms with Crippen molar-refractivity contribution >= 4 is 58.3 Å². The van der Waals surface area contributed by atoms with Crippen molar-refractivity contribution in [1.82, 2.24) is 9.80 Å². The largest absolute Gasteiger partial charge is 2.00 e. The third kappa shape index (κ3) is 14.0. The number of hydrogen-bond donors (Lipinski definition) is 0. The van der Waals surface area contributed by atoms with Gasteiger partial charge in [-0.3, -0.25) is 9.80 Å². The Morgan fingerprint density at radius 1 is 0.765 bits per heavy atom. The fourth-order valence-corrected chi connectivity index (χ4v) is 2.07. The van der Waals surface area contributed by atoms with Crippen molar-refractivity contribution < 1.29 is 27.7 Å². The predicted octanol–water partition coefficient (Wildman–Crippen LogP) is 0.481. The van der Waals surface area contributed by atoms with E-state index in [2.05, 4.69) is 52.1 Å². The number of thiol groups is 2. The third-order valence-electron chi connectivity index (χ3n) is 2.07. The molecule has 17 heavy (non-hydrogen) atoms. The minimum Gasteiger partial charge on any atom is -0.680 e. The Bertz CT molecular complexity index is 184. The van der Waals surface area contributed by atoms with Gasteiger partial charge in [0.05, 0.1) is 0 Å². The van der Waals surface area contributed by atoms with Gasteiger partial charge < -0.3 is 25.3 Å². The van der Waals surface area contributed by atoms with Crippen LogP contribution in [0.15, 0.2) is 0 Å². The van der Waals surface area contributed by atoms with E-state index in [-0.39, 0.29) is 27.7 Å². The summed E-state index contributed by atoms with van der Waals surface area (Å²) in [7, 11) is 0. The van der Waals surface area contributed by atoms with Crippen LogP contribution in [0.4, 0.5) is 0 Å². The summed E-state index contributed by atoms with van der Waals surface area (Å²) < 4.78 is 1.38. The van der Waals surface area contributed by atoms with Crippen molar-refractivity contribution in [2.24, 2.45) is 0 Å². The Morgan fingerprint density at radius 2 is 0.941 bits per heavy atom. The molecule has 0 saturated carbocycles. The first-order valence-electron chi connectivity index (χ1n) is 5.40. The van der Waals surface area contributed by atoms with Gasteiger partial charge in [-0.05, 0) is 0 Å². The molecule has 0 atom stereocenters. The molecule has 0 N–H and O–H groups in total. The summed E-state index contributed by atoms with van der Waals surface area (Å²) in [6.45, 7) is 12.1. The van der Waals surface area contributed by atoms with Crippen molar-refractivity contribution in [3.8, 4) is 0 Å². The molecule has 0 saturated heterocycles. The molecule has 0 aliphatic carbocycles. The molecule has 0 amide bonds.